The first-order chi connectivity index (χ1) is 12.0. The average Bonchev–Trinajstić information content (AvgIpc) is 2.62. The van der Waals surface area contributed by atoms with Gasteiger partial charge in [-0.05, 0) is 42.2 Å². The molecule has 1 radical (unpaired) electrons. The molecule has 0 bridgehead atoms. The quantitative estimate of drug-likeness (QED) is 0.846. The minimum absolute atomic E-state index is 0.219. The van der Waals surface area contributed by atoms with Crippen molar-refractivity contribution < 1.29 is 4.79 Å². The van der Waals surface area contributed by atoms with Crippen LogP contribution < -0.4 is 4.90 Å². The number of nitrogens with zero attached hydrogens (tertiary/aromatic N) is 2. The number of benzene rings is 2. The van der Waals surface area contributed by atoms with E-state index >= 15 is 0 Å². The molecule has 1 amide bonds. The lowest BCUT2D eigenvalue weighted by Crippen LogP contribution is -2.54. The van der Waals surface area contributed by atoms with E-state index in [1.54, 1.807) is 0 Å². The van der Waals surface area contributed by atoms with Gasteiger partial charge in [0.15, 0.2) is 0 Å². The summed E-state index contributed by atoms with van der Waals surface area (Å²) < 4.78 is 0. The molecule has 2 aromatic rings. The third-order valence-electron chi connectivity index (χ3n) is 4.94. The molecule has 1 saturated heterocycles. The molecule has 1 aliphatic rings. The fourth-order valence-electron chi connectivity index (χ4n) is 3.44. The third kappa shape index (κ3) is 4.22. The predicted molar refractivity (Wildman–Crippen MR) is 103 cm³/mol. The number of anilines is 1. The first kappa shape index (κ1) is 17.5. The molecule has 0 aromatic heterocycles. The van der Waals surface area contributed by atoms with Crippen LogP contribution in [0.3, 0.4) is 0 Å². The van der Waals surface area contributed by atoms with Gasteiger partial charge < -0.3 is 9.80 Å². The molecule has 0 N–H and O–H groups in total. The summed E-state index contributed by atoms with van der Waals surface area (Å²) in [5, 5.41) is 0. The molecule has 1 atom stereocenters. The van der Waals surface area contributed by atoms with Crippen LogP contribution in [-0.4, -0.2) is 36.5 Å². The lowest BCUT2D eigenvalue weighted by atomic mass is 10.0. The number of hydrogen-bond acceptors (Lipinski definition) is 2. The van der Waals surface area contributed by atoms with Gasteiger partial charge in [-0.1, -0.05) is 50.2 Å². The Bertz CT molecular complexity index is 711. The number of piperazine rings is 1. The molecule has 1 unspecified atom stereocenters. The topological polar surface area (TPSA) is 23.6 Å². The van der Waals surface area contributed by atoms with Crippen molar-refractivity contribution in [2.75, 3.05) is 24.5 Å². The molecule has 0 spiro atoms. The Kier molecular flexibility index (Phi) is 5.42. The Labute approximate surface area is 151 Å². The van der Waals surface area contributed by atoms with E-state index in [0.29, 0.717) is 12.3 Å². The number of rotatable bonds is 4. The summed E-state index contributed by atoms with van der Waals surface area (Å²) in [7, 11) is 0. The van der Waals surface area contributed by atoms with Crippen LogP contribution in [0.5, 0.6) is 0 Å². The molecule has 0 saturated carbocycles. The first-order valence-corrected chi connectivity index (χ1v) is 9.14. The maximum absolute atomic E-state index is 12.7. The highest BCUT2D eigenvalue weighted by atomic mass is 16.2. The van der Waals surface area contributed by atoms with Crippen molar-refractivity contribution in [1.82, 2.24) is 4.90 Å². The lowest BCUT2D eigenvalue weighted by molar-refractivity contribution is -0.132. The largest absolute Gasteiger partial charge is 0.368 e. The number of hydrogen-bond donors (Lipinski definition) is 0. The van der Waals surface area contributed by atoms with E-state index in [-0.39, 0.29) is 11.9 Å². The van der Waals surface area contributed by atoms with Crippen LogP contribution in [0.2, 0.25) is 0 Å². The van der Waals surface area contributed by atoms with Crippen molar-refractivity contribution >= 4 is 11.6 Å². The zero-order valence-electron chi connectivity index (χ0n) is 15.4. The molecule has 3 heteroatoms. The van der Waals surface area contributed by atoms with Crippen LogP contribution in [0.4, 0.5) is 5.69 Å². The average molecular weight is 335 g/mol. The maximum Gasteiger partial charge on any atom is 0.227 e. The van der Waals surface area contributed by atoms with Gasteiger partial charge in [0.1, 0.15) is 0 Å². The lowest BCUT2D eigenvalue weighted by Gasteiger charge is -2.41. The van der Waals surface area contributed by atoms with Crippen LogP contribution in [0.25, 0.3) is 0 Å². The minimum atomic E-state index is 0.219. The Balaban J connectivity index is 1.64. The van der Waals surface area contributed by atoms with Gasteiger partial charge in [-0.2, -0.15) is 0 Å². The van der Waals surface area contributed by atoms with Gasteiger partial charge in [0.05, 0.1) is 6.42 Å². The van der Waals surface area contributed by atoms with Crippen LogP contribution in [0.1, 0.15) is 37.8 Å². The molecule has 3 rings (SSSR count). The van der Waals surface area contributed by atoms with E-state index in [1.807, 2.05) is 41.3 Å². The summed E-state index contributed by atoms with van der Waals surface area (Å²) in [6.07, 6.45) is 0.489. The molecule has 1 aliphatic heterocycles. The zero-order valence-corrected chi connectivity index (χ0v) is 15.4. The first-order valence-electron chi connectivity index (χ1n) is 9.14. The molecule has 131 valence electrons. The van der Waals surface area contributed by atoms with Gasteiger partial charge in [-0.25, -0.2) is 0 Å². The van der Waals surface area contributed by atoms with E-state index in [2.05, 4.69) is 43.9 Å². The van der Waals surface area contributed by atoms with E-state index in [9.17, 15) is 4.79 Å². The Hall–Kier alpha value is -2.29. The fourth-order valence-corrected chi connectivity index (χ4v) is 3.44. The van der Waals surface area contributed by atoms with Crippen molar-refractivity contribution in [1.29, 1.82) is 0 Å². The van der Waals surface area contributed by atoms with Crippen LogP contribution >= 0.6 is 0 Å². The standard InChI is InChI=1S/C22H27N2O/c1-17(2)20-10-7-11-21(15-20)23-12-13-24(18(3)16-23)22(25)14-19-8-5-4-6-9-19/h4-9,11,15,17-18H,12-14,16H2,1-3H3. The molecular weight excluding hydrogens is 308 g/mol. The Morgan fingerprint density at radius 1 is 1.20 bits per heavy atom. The summed E-state index contributed by atoms with van der Waals surface area (Å²) in [5.41, 5.74) is 3.57. The molecule has 0 aliphatic carbocycles. The second-order valence-corrected chi connectivity index (χ2v) is 7.20. The van der Waals surface area contributed by atoms with Crippen molar-refractivity contribution in [3.63, 3.8) is 0 Å². The second kappa shape index (κ2) is 7.73. The predicted octanol–water partition coefficient (Wildman–Crippen LogP) is 3.89. The van der Waals surface area contributed by atoms with Gasteiger partial charge in [0, 0.05) is 31.4 Å². The normalized spacial score (nSPS) is 17.8. The maximum atomic E-state index is 12.7. The molecule has 2 aromatic carbocycles. The van der Waals surface area contributed by atoms with Crippen molar-refractivity contribution in [3.8, 4) is 0 Å². The summed E-state index contributed by atoms with van der Waals surface area (Å²) in [6.45, 7) is 9.07. The van der Waals surface area contributed by atoms with E-state index in [1.165, 1.54) is 11.3 Å². The molecular formula is C22H27N2O. The highest BCUT2D eigenvalue weighted by Crippen LogP contribution is 2.24. The summed E-state index contributed by atoms with van der Waals surface area (Å²) in [5.74, 6) is 0.703. The van der Waals surface area contributed by atoms with Gasteiger partial charge in [0.2, 0.25) is 5.91 Å². The van der Waals surface area contributed by atoms with E-state index in [4.69, 9.17) is 0 Å². The number of amides is 1. The summed E-state index contributed by atoms with van der Waals surface area (Å²) in [6, 6.07) is 19.9. The van der Waals surface area contributed by atoms with Gasteiger partial charge in [-0.3, -0.25) is 4.79 Å². The van der Waals surface area contributed by atoms with Crippen molar-refractivity contribution in [3.05, 3.63) is 65.7 Å². The van der Waals surface area contributed by atoms with Crippen LogP contribution in [0, 0.1) is 6.07 Å². The minimum Gasteiger partial charge on any atom is -0.368 e. The number of carbonyl (C=O) groups is 1. The molecule has 1 heterocycles. The molecule has 1 fully saturated rings. The fraction of sp³-hybridized carbons (Fsp3) is 0.409. The Morgan fingerprint density at radius 2 is 1.96 bits per heavy atom. The molecule has 25 heavy (non-hydrogen) atoms. The van der Waals surface area contributed by atoms with Crippen molar-refractivity contribution in [2.45, 2.75) is 39.2 Å². The highest BCUT2D eigenvalue weighted by molar-refractivity contribution is 5.79. The third-order valence-corrected chi connectivity index (χ3v) is 4.94. The van der Waals surface area contributed by atoms with E-state index in [0.717, 1.165) is 25.2 Å². The second-order valence-electron chi connectivity index (χ2n) is 7.20. The van der Waals surface area contributed by atoms with Crippen LogP contribution in [-0.2, 0) is 11.2 Å². The van der Waals surface area contributed by atoms with Crippen LogP contribution in [0.15, 0.2) is 48.5 Å². The highest BCUT2D eigenvalue weighted by Gasteiger charge is 2.27. The monoisotopic (exact) mass is 335 g/mol. The van der Waals surface area contributed by atoms with Gasteiger partial charge in [-0.15, -0.1) is 0 Å². The smallest absolute Gasteiger partial charge is 0.227 e. The SMILES string of the molecule is CC(C)c1[c]ccc(N2CCN(C(=O)Cc3ccccc3)C(C)C2)c1. The van der Waals surface area contributed by atoms with Crippen molar-refractivity contribution in [2.24, 2.45) is 0 Å². The Morgan fingerprint density at radius 3 is 2.64 bits per heavy atom. The van der Waals surface area contributed by atoms with Gasteiger partial charge >= 0.3 is 0 Å². The summed E-state index contributed by atoms with van der Waals surface area (Å²) >= 11 is 0. The molecule has 3 nitrogen and oxygen atoms in total. The number of carbonyl (C=O) groups excluding carboxylic acids is 1. The van der Waals surface area contributed by atoms with Gasteiger partial charge in [0.25, 0.3) is 0 Å². The summed E-state index contributed by atoms with van der Waals surface area (Å²) in [4.78, 5) is 17.1. The zero-order chi connectivity index (χ0) is 17.8. The van der Waals surface area contributed by atoms with E-state index < -0.39 is 0 Å².